The molecule has 0 aromatic heterocycles. The lowest BCUT2D eigenvalue weighted by Crippen LogP contribution is -2.26. The van der Waals surface area contributed by atoms with Crippen LogP contribution >= 0.6 is 31.7 Å². The third-order valence-electron chi connectivity index (χ3n) is 2.26. The average Bonchev–Trinajstić information content (AvgIpc) is 2.38. The Morgan fingerprint density at radius 2 is 2.05 bits per heavy atom. The molecule has 2 atom stereocenters. The summed E-state index contributed by atoms with van der Waals surface area (Å²) in [7, 11) is -1.99. The largest absolute Gasteiger partial charge is 0.468 e. The third-order valence-corrected chi connectivity index (χ3v) is 5.16. The van der Waals surface area contributed by atoms with Crippen molar-refractivity contribution in [1.82, 2.24) is 5.09 Å². The van der Waals surface area contributed by atoms with E-state index in [9.17, 15) is 9.36 Å². The number of esters is 1. The molecule has 0 fully saturated rings. The van der Waals surface area contributed by atoms with Crippen molar-refractivity contribution in [3.8, 4) is 5.75 Å². The van der Waals surface area contributed by atoms with Crippen molar-refractivity contribution in [2.24, 2.45) is 0 Å². The second kappa shape index (κ2) is 7.93. The second-order valence-corrected chi connectivity index (χ2v) is 7.69. The van der Waals surface area contributed by atoms with Crippen molar-refractivity contribution in [1.29, 1.82) is 0 Å². The molecule has 8 heteroatoms. The Kier molecular flexibility index (Phi) is 6.89. The van der Waals surface area contributed by atoms with Crippen LogP contribution in [0.15, 0.2) is 24.3 Å². The van der Waals surface area contributed by atoms with Crippen LogP contribution in [-0.4, -0.2) is 31.0 Å². The second-order valence-electron chi connectivity index (χ2n) is 4.16. The van der Waals surface area contributed by atoms with Gasteiger partial charge in [-0.1, -0.05) is 18.5 Å². The molecule has 1 aromatic rings. The molecule has 1 N–H and O–H groups in total. The molecule has 1 aromatic carbocycles. The standard InChI is InChI=1S/C12H17ClNO4PS/c1-9(20)8-19(16,14-7-12(15)17-2)18-11-5-3-10(13)4-6-11/h3-6,9,20H,7-8H2,1-2H3,(H,14,16). The number of thiol groups is 1. The van der Waals surface area contributed by atoms with Gasteiger partial charge in [-0.3, -0.25) is 9.36 Å². The Morgan fingerprint density at radius 1 is 1.45 bits per heavy atom. The zero-order chi connectivity index (χ0) is 15.2. The topological polar surface area (TPSA) is 64.6 Å². The predicted octanol–water partition coefficient (Wildman–Crippen LogP) is 2.99. The molecule has 112 valence electrons. The van der Waals surface area contributed by atoms with E-state index in [0.29, 0.717) is 10.8 Å². The van der Waals surface area contributed by atoms with Crippen LogP contribution in [0.4, 0.5) is 0 Å². The molecule has 1 rings (SSSR count). The van der Waals surface area contributed by atoms with Gasteiger partial charge in [0.2, 0.25) is 0 Å². The van der Waals surface area contributed by atoms with Crippen molar-refractivity contribution in [2.75, 3.05) is 19.8 Å². The van der Waals surface area contributed by atoms with E-state index in [4.69, 9.17) is 16.1 Å². The van der Waals surface area contributed by atoms with E-state index in [1.54, 1.807) is 31.2 Å². The van der Waals surface area contributed by atoms with Gasteiger partial charge in [-0.25, -0.2) is 5.09 Å². The highest BCUT2D eigenvalue weighted by Crippen LogP contribution is 2.44. The first-order valence-corrected chi connectivity index (χ1v) is 8.59. The summed E-state index contributed by atoms with van der Waals surface area (Å²) < 4.78 is 22.7. The molecule has 2 unspecified atom stereocenters. The van der Waals surface area contributed by atoms with Crippen molar-refractivity contribution in [3.63, 3.8) is 0 Å². The maximum atomic E-state index is 12.7. The van der Waals surface area contributed by atoms with Gasteiger partial charge >= 0.3 is 13.5 Å². The van der Waals surface area contributed by atoms with E-state index in [-0.39, 0.29) is 18.0 Å². The number of hydrogen-bond donors (Lipinski definition) is 2. The van der Waals surface area contributed by atoms with Crippen LogP contribution in [-0.2, 0) is 14.1 Å². The first-order valence-electron chi connectivity index (χ1n) is 5.89. The SMILES string of the molecule is COC(=O)CNP(=O)(CC(C)S)Oc1ccc(Cl)cc1. The molecular formula is C12H17ClNO4PS. The van der Waals surface area contributed by atoms with Crippen molar-refractivity contribution in [2.45, 2.75) is 12.2 Å². The van der Waals surface area contributed by atoms with Gasteiger partial charge in [0, 0.05) is 10.3 Å². The summed E-state index contributed by atoms with van der Waals surface area (Å²) in [5.41, 5.74) is 0. The molecule has 0 bridgehead atoms. The first kappa shape index (κ1) is 17.4. The zero-order valence-corrected chi connectivity index (χ0v) is 13.8. The fourth-order valence-electron chi connectivity index (χ4n) is 1.40. The summed E-state index contributed by atoms with van der Waals surface area (Å²) in [6.07, 6.45) is 0.176. The van der Waals surface area contributed by atoms with Gasteiger partial charge in [-0.05, 0) is 24.3 Å². The van der Waals surface area contributed by atoms with Crippen molar-refractivity contribution in [3.05, 3.63) is 29.3 Å². The lowest BCUT2D eigenvalue weighted by molar-refractivity contribution is -0.139. The first-order chi connectivity index (χ1) is 9.34. The van der Waals surface area contributed by atoms with Crippen LogP contribution in [0.3, 0.4) is 0 Å². The number of nitrogens with one attached hydrogen (secondary N) is 1. The molecule has 0 heterocycles. The molecule has 5 nitrogen and oxygen atoms in total. The number of ether oxygens (including phenoxy) is 1. The Bertz CT molecular complexity index is 495. The normalized spacial score (nSPS) is 15.2. The van der Waals surface area contributed by atoms with E-state index < -0.39 is 13.5 Å². The molecular weight excluding hydrogens is 321 g/mol. The van der Waals surface area contributed by atoms with E-state index in [2.05, 4.69) is 22.5 Å². The van der Waals surface area contributed by atoms with E-state index >= 15 is 0 Å². The smallest absolute Gasteiger partial charge is 0.320 e. The molecule has 0 aliphatic carbocycles. The van der Waals surface area contributed by atoms with Crippen LogP contribution in [0.25, 0.3) is 0 Å². The fourth-order valence-corrected chi connectivity index (χ4v) is 3.97. The summed E-state index contributed by atoms with van der Waals surface area (Å²) in [6, 6.07) is 6.48. The Hall–Kier alpha value is -0.680. The summed E-state index contributed by atoms with van der Waals surface area (Å²) in [4.78, 5) is 11.1. The lowest BCUT2D eigenvalue weighted by Gasteiger charge is -2.21. The molecule has 0 amide bonds. The summed E-state index contributed by atoms with van der Waals surface area (Å²) in [5.74, 6) is -0.110. The minimum atomic E-state index is -3.25. The van der Waals surface area contributed by atoms with E-state index in [1.165, 1.54) is 7.11 Å². The predicted molar refractivity (Wildman–Crippen MR) is 83.0 cm³/mol. The number of rotatable bonds is 7. The van der Waals surface area contributed by atoms with Crippen LogP contribution in [0.1, 0.15) is 6.92 Å². The van der Waals surface area contributed by atoms with Crippen LogP contribution in [0, 0.1) is 0 Å². The van der Waals surface area contributed by atoms with E-state index in [1.807, 2.05) is 0 Å². The maximum Gasteiger partial charge on any atom is 0.320 e. The minimum Gasteiger partial charge on any atom is -0.468 e. The number of carbonyl (C=O) groups is 1. The summed E-state index contributed by atoms with van der Waals surface area (Å²) in [5, 5.41) is 3.02. The molecule has 0 radical (unpaired) electrons. The lowest BCUT2D eigenvalue weighted by atomic mass is 10.3. The number of carbonyl (C=O) groups excluding carboxylic acids is 1. The van der Waals surface area contributed by atoms with Crippen LogP contribution in [0.2, 0.25) is 5.02 Å². The fraction of sp³-hybridized carbons (Fsp3) is 0.417. The monoisotopic (exact) mass is 337 g/mol. The van der Waals surface area contributed by atoms with Gasteiger partial charge in [0.15, 0.2) is 0 Å². The van der Waals surface area contributed by atoms with Gasteiger partial charge in [0.05, 0.1) is 13.3 Å². The van der Waals surface area contributed by atoms with Crippen LogP contribution < -0.4 is 9.61 Å². The average molecular weight is 338 g/mol. The third kappa shape index (κ3) is 6.18. The molecule has 0 saturated heterocycles. The highest BCUT2D eigenvalue weighted by Gasteiger charge is 2.27. The number of methoxy groups -OCH3 is 1. The van der Waals surface area contributed by atoms with Crippen molar-refractivity contribution >= 4 is 37.7 Å². The quantitative estimate of drug-likeness (QED) is 0.455. The molecule has 0 spiro atoms. The highest BCUT2D eigenvalue weighted by atomic mass is 35.5. The Labute approximate surface area is 128 Å². The summed E-state index contributed by atoms with van der Waals surface area (Å²) in [6.45, 7) is 1.60. The number of benzene rings is 1. The maximum absolute atomic E-state index is 12.7. The molecule has 0 aliphatic heterocycles. The summed E-state index contributed by atoms with van der Waals surface area (Å²) >= 11 is 9.99. The zero-order valence-electron chi connectivity index (χ0n) is 11.2. The van der Waals surface area contributed by atoms with Gasteiger partial charge in [0.1, 0.15) is 12.3 Å². The molecule has 20 heavy (non-hydrogen) atoms. The van der Waals surface area contributed by atoms with Crippen LogP contribution in [0.5, 0.6) is 5.75 Å². The van der Waals surface area contributed by atoms with Crippen molar-refractivity contribution < 1.29 is 18.6 Å². The Balaban J connectivity index is 2.79. The van der Waals surface area contributed by atoms with Gasteiger partial charge in [-0.15, -0.1) is 0 Å². The highest BCUT2D eigenvalue weighted by molar-refractivity contribution is 7.81. The molecule has 0 aliphatic rings. The minimum absolute atomic E-state index is 0.154. The van der Waals surface area contributed by atoms with Gasteiger partial charge in [-0.2, -0.15) is 12.6 Å². The Morgan fingerprint density at radius 3 is 2.55 bits per heavy atom. The number of halogens is 1. The molecule has 0 saturated carbocycles. The number of hydrogen-bond acceptors (Lipinski definition) is 5. The van der Waals surface area contributed by atoms with Gasteiger partial charge in [0.25, 0.3) is 0 Å². The van der Waals surface area contributed by atoms with Gasteiger partial charge < -0.3 is 9.26 Å². The van der Waals surface area contributed by atoms with E-state index in [0.717, 1.165) is 0 Å².